The Morgan fingerprint density at radius 1 is 1.00 bits per heavy atom. The first kappa shape index (κ1) is 10.6. The average molecular weight is 240 g/mol. The Morgan fingerprint density at radius 3 is 2.56 bits per heavy atom. The third-order valence-electron chi connectivity index (χ3n) is 2.69. The van der Waals surface area contributed by atoms with Crippen molar-refractivity contribution in [3.8, 4) is 11.3 Å². The first-order valence-corrected chi connectivity index (χ1v) is 5.37. The lowest BCUT2D eigenvalue weighted by Crippen LogP contribution is -1.97. The molecule has 88 valence electrons. The number of nitrogens with zero attached hydrogens (tertiary/aromatic N) is 3. The van der Waals surface area contributed by atoms with Gasteiger partial charge >= 0.3 is 0 Å². The molecule has 3 aromatic rings. The fourth-order valence-corrected chi connectivity index (χ4v) is 1.88. The molecule has 0 aliphatic heterocycles. The van der Waals surface area contributed by atoms with E-state index in [-0.39, 0.29) is 0 Å². The number of pyridine rings is 1. The van der Waals surface area contributed by atoms with Gasteiger partial charge in [-0.2, -0.15) is 0 Å². The highest BCUT2D eigenvalue weighted by atomic mass is 19.1. The summed E-state index contributed by atoms with van der Waals surface area (Å²) in [7, 11) is 0. The Hall–Kier alpha value is -2.56. The van der Waals surface area contributed by atoms with Crippen molar-refractivity contribution in [3.63, 3.8) is 0 Å². The van der Waals surface area contributed by atoms with Gasteiger partial charge in [-0.3, -0.25) is 4.98 Å². The monoisotopic (exact) mass is 240 g/mol. The number of benzene rings is 1. The van der Waals surface area contributed by atoms with Crippen LogP contribution in [0.5, 0.6) is 0 Å². The lowest BCUT2D eigenvalue weighted by atomic mass is 10.1. The predicted octanol–water partition coefficient (Wildman–Crippen LogP) is 2.41. The molecule has 5 heteroatoms. The van der Waals surface area contributed by atoms with Crippen LogP contribution < -0.4 is 5.73 Å². The molecule has 0 atom stereocenters. The highest BCUT2D eigenvalue weighted by Gasteiger charge is 2.09. The topological polar surface area (TPSA) is 64.7 Å². The van der Waals surface area contributed by atoms with Gasteiger partial charge in [-0.15, -0.1) is 10.2 Å². The summed E-state index contributed by atoms with van der Waals surface area (Å²) in [6.45, 7) is 0. The van der Waals surface area contributed by atoms with E-state index in [1.54, 1.807) is 6.20 Å². The minimum atomic E-state index is -0.407. The van der Waals surface area contributed by atoms with E-state index in [0.717, 1.165) is 17.0 Å². The second-order valence-corrected chi connectivity index (χ2v) is 3.87. The summed E-state index contributed by atoms with van der Waals surface area (Å²) in [4.78, 5) is 3.82. The van der Waals surface area contributed by atoms with Crippen molar-refractivity contribution >= 4 is 16.6 Å². The smallest absolute Gasteiger partial charge is 0.154 e. The Bertz CT molecular complexity index is 727. The summed E-state index contributed by atoms with van der Waals surface area (Å²) in [5.41, 5.74) is 6.93. The van der Waals surface area contributed by atoms with Crippen LogP contribution in [0.4, 0.5) is 10.2 Å². The first-order chi connectivity index (χ1) is 8.75. The van der Waals surface area contributed by atoms with Crippen molar-refractivity contribution in [2.24, 2.45) is 0 Å². The van der Waals surface area contributed by atoms with Gasteiger partial charge in [0.2, 0.25) is 0 Å². The summed E-state index contributed by atoms with van der Waals surface area (Å²) in [6.07, 6.45) is 2.70. The molecule has 0 fully saturated rings. The van der Waals surface area contributed by atoms with E-state index >= 15 is 0 Å². The van der Waals surface area contributed by atoms with Gasteiger partial charge in [0.05, 0.1) is 6.20 Å². The zero-order valence-electron chi connectivity index (χ0n) is 9.34. The van der Waals surface area contributed by atoms with Gasteiger partial charge in [0.25, 0.3) is 0 Å². The molecule has 0 radical (unpaired) electrons. The Balaban J connectivity index is 2.33. The highest BCUT2D eigenvalue weighted by molar-refractivity contribution is 5.99. The number of hydrogen-bond acceptors (Lipinski definition) is 4. The molecular formula is C13H9FN4. The van der Waals surface area contributed by atoms with E-state index in [0.29, 0.717) is 17.1 Å². The molecule has 2 heterocycles. The van der Waals surface area contributed by atoms with Crippen molar-refractivity contribution in [3.05, 3.63) is 48.5 Å². The van der Waals surface area contributed by atoms with Crippen molar-refractivity contribution in [2.45, 2.75) is 0 Å². The van der Waals surface area contributed by atoms with E-state index in [1.807, 2.05) is 24.3 Å². The van der Waals surface area contributed by atoms with Crippen LogP contribution in [0, 0.1) is 5.82 Å². The number of hydrogen-bond donors (Lipinski definition) is 1. The molecule has 18 heavy (non-hydrogen) atoms. The molecule has 0 amide bonds. The first-order valence-electron chi connectivity index (χ1n) is 5.37. The predicted molar refractivity (Wildman–Crippen MR) is 67.1 cm³/mol. The molecule has 0 saturated carbocycles. The molecular weight excluding hydrogens is 231 g/mol. The van der Waals surface area contributed by atoms with Crippen LogP contribution in [-0.2, 0) is 0 Å². The standard InChI is InChI=1S/C13H9FN4/c14-9-5-8(6-16-7-9)12-10-3-1-2-4-11(10)13(15)18-17-12/h1-7H,(H2,15,18). The average Bonchev–Trinajstić information content (AvgIpc) is 2.39. The minimum Gasteiger partial charge on any atom is -0.382 e. The Morgan fingerprint density at radius 2 is 1.78 bits per heavy atom. The van der Waals surface area contributed by atoms with E-state index < -0.39 is 5.82 Å². The van der Waals surface area contributed by atoms with Crippen LogP contribution in [0.25, 0.3) is 22.0 Å². The number of nitrogens with two attached hydrogens (primary N) is 1. The van der Waals surface area contributed by atoms with Crippen LogP contribution in [0.15, 0.2) is 42.7 Å². The molecule has 4 nitrogen and oxygen atoms in total. The summed E-state index contributed by atoms with van der Waals surface area (Å²) in [5.74, 6) is -0.0473. The third kappa shape index (κ3) is 1.66. The molecule has 3 rings (SSSR count). The number of anilines is 1. The van der Waals surface area contributed by atoms with Crippen molar-refractivity contribution < 1.29 is 4.39 Å². The molecule has 2 aromatic heterocycles. The van der Waals surface area contributed by atoms with Gasteiger partial charge in [-0.05, 0) is 6.07 Å². The molecule has 0 spiro atoms. The second kappa shape index (κ2) is 4.03. The van der Waals surface area contributed by atoms with E-state index in [2.05, 4.69) is 15.2 Å². The zero-order valence-corrected chi connectivity index (χ0v) is 9.34. The van der Waals surface area contributed by atoms with Gasteiger partial charge in [-0.25, -0.2) is 4.39 Å². The Kier molecular flexibility index (Phi) is 2.37. The Labute approximate surface area is 102 Å². The third-order valence-corrected chi connectivity index (χ3v) is 2.69. The van der Waals surface area contributed by atoms with Crippen molar-refractivity contribution in [2.75, 3.05) is 5.73 Å². The fourth-order valence-electron chi connectivity index (χ4n) is 1.88. The number of aromatic nitrogens is 3. The quantitative estimate of drug-likeness (QED) is 0.709. The van der Waals surface area contributed by atoms with Gasteiger partial charge < -0.3 is 5.73 Å². The molecule has 2 N–H and O–H groups in total. The van der Waals surface area contributed by atoms with Crippen molar-refractivity contribution in [1.82, 2.24) is 15.2 Å². The highest BCUT2D eigenvalue weighted by Crippen LogP contribution is 2.27. The normalized spacial score (nSPS) is 10.7. The maximum atomic E-state index is 13.2. The lowest BCUT2D eigenvalue weighted by Gasteiger charge is -2.06. The van der Waals surface area contributed by atoms with Crippen LogP contribution in [0.3, 0.4) is 0 Å². The SMILES string of the molecule is Nc1nnc(-c2cncc(F)c2)c2ccccc12. The number of nitrogen functional groups attached to an aromatic ring is 1. The largest absolute Gasteiger partial charge is 0.382 e. The lowest BCUT2D eigenvalue weighted by molar-refractivity contribution is 0.622. The molecule has 0 aliphatic carbocycles. The zero-order chi connectivity index (χ0) is 12.5. The van der Waals surface area contributed by atoms with Crippen LogP contribution in [-0.4, -0.2) is 15.2 Å². The van der Waals surface area contributed by atoms with Crippen molar-refractivity contribution in [1.29, 1.82) is 0 Å². The van der Waals surface area contributed by atoms with Gasteiger partial charge in [0, 0.05) is 22.5 Å². The summed E-state index contributed by atoms with van der Waals surface area (Å²) in [5, 5.41) is 9.56. The fraction of sp³-hybridized carbons (Fsp3) is 0. The van der Waals surface area contributed by atoms with Gasteiger partial charge in [-0.1, -0.05) is 24.3 Å². The summed E-state index contributed by atoms with van der Waals surface area (Å²) >= 11 is 0. The summed E-state index contributed by atoms with van der Waals surface area (Å²) < 4.78 is 13.2. The van der Waals surface area contributed by atoms with Crippen LogP contribution >= 0.6 is 0 Å². The van der Waals surface area contributed by atoms with E-state index in [9.17, 15) is 4.39 Å². The molecule has 0 unspecified atom stereocenters. The summed E-state index contributed by atoms with van der Waals surface area (Å²) in [6, 6.07) is 8.85. The van der Waals surface area contributed by atoms with E-state index in [4.69, 9.17) is 5.73 Å². The molecule has 0 saturated heterocycles. The molecule has 0 bridgehead atoms. The second-order valence-electron chi connectivity index (χ2n) is 3.87. The van der Waals surface area contributed by atoms with Gasteiger partial charge in [0.1, 0.15) is 11.5 Å². The van der Waals surface area contributed by atoms with Gasteiger partial charge in [0.15, 0.2) is 5.82 Å². The minimum absolute atomic E-state index is 0.360. The van der Waals surface area contributed by atoms with E-state index in [1.165, 1.54) is 6.07 Å². The number of rotatable bonds is 1. The number of fused-ring (bicyclic) bond motifs is 1. The maximum Gasteiger partial charge on any atom is 0.154 e. The molecule has 1 aromatic carbocycles. The molecule has 0 aliphatic rings. The van der Waals surface area contributed by atoms with Crippen LogP contribution in [0.1, 0.15) is 0 Å². The maximum absolute atomic E-state index is 13.2. The number of halogens is 1. The van der Waals surface area contributed by atoms with Crippen LogP contribution in [0.2, 0.25) is 0 Å².